The lowest BCUT2D eigenvalue weighted by Crippen LogP contribution is -2.48. The van der Waals surface area contributed by atoms with Crippen molar-refractivity contribution < 1.29 is 28.5 Å². The van der Waals surface area contributed by atoms with Crippen molar-refractivity contribution in [2.24, 2.45) is 0 Å². The topological polar surface area (TPSA) is 74.3 Å². The number of methoxy groups -OCH3 is 2. The molecule has 2 aliphatic heterocycles. The van der Waals surface area contributed by atoms with Gasteiger partial charge in [0.15, 0.2) is 5.60 Å². The van der Waals surface area contributed by atoms with Crippen molar-refractivity contribution in [1.82, 2.24) is 4.90 Å². The second kappa shape index (κ2) is 6.59. The fourth-order valence-electron chi connectivity index (χ4n) is 3.11. The molecule has 130 valence electrons. The lowest BCUT2D eigenvalue weighted by atomic mass is 9.92. The quantitative estimate of drug-likeness (QED) is 0.781. The molecule has 2 saturated heterocycles. The molecule has 1 spiro atoms. The summed E-state index contributed by atoms with van der Waals surface area (Å²) in [5.74, 6) is 1.35. The third-order valence-electron chi connectivity index (χ3n) is 4.62. The summed E-state index contributed by atoms with van der Waals surface area (Å²) >= 11 is 0. The van der Waals surface area contributed by atoms with Crippen molar-refractivity contribution in [3.05, 3.63) is 23.8 Å². The Morgan fingerprint density at radius 1 is 1.25 bits per heavy atom. The van der Waals surface area contributed by atoms with Gasteiger partial charge in [-0.3, -0.25) is 4.79 Å². The molecule has 0 aromatic heterocycles. The van der Waals surface area contributed by atoms with Gasteiger partial charge in [0.1, 0.15) is 18.1 Å². The van der Waals surface area contributed by atoms with Crippen LogP contribution < -0.4 is 9.47 Å². The Balaban J connectivity index is 1.61. The van der Waals surface area contributed by atoms with E-state index in [1.165, 1.54) is 0 Å². The Morgan fingerprint density at radius 2 is 2.00 bits per heavy atom. The number of hydrogen-bond acceptors (Lipinski definition) is 6. The van der Waals surface area contributed by atoms with E-state index in [2.05, 4.69) is 0 Å². The van der Waals surface area contributed by atoms with Crippen LogP contribution in [-0.2, 0) is 20.7 Å². The highest BCUT2D eigenvalue weighted by molar-refractivity contribution is 5.79. The molecule has 2 heterocycles. The number of nitrogens with zero attached hydrogens (tertiary/aromatic N) is 1. The number of piperidine rings is 1. The van der Waals surface area contributed by atoms with Gasteiger partial charge >= 0.3 is 6.16 Å². The Labute approximate surface area is 140 Å². The predicted octanol–water partition coefficient (Wildman–Crippen LogP) is 1.77. The number of cyclic esters (lactones) is 1. The van der Waals surface area contributed by atoms with E-state index >= 15 is 0 Å². The molecule has 0 bridgehead atoms. The molecule has 0 unspecified atom stereocenters. The third kappa shape index (κ3) is 3.25. The molecule has 0 radical (unpaired) electrons. The van der Waals surface area contributed by atoms with E-state index in [1.54, 1.807) is 25.2 Å². The van der Waals surface area contributed by atoms with Crippen LogP contribution in [0.2, 0.25) is 0 Å². The first-order chi connectivity index (χ1) is 11.5. The molecule has 3 rings (SSSR count). The standard InChI is InChI=1S/C17H21NO6/c1-21-13-4-3-12(14(10-13)22-2)9-15(19)18-7-5-17(6-8-18)11-23-16(20)24-17/h3-4,10H,5-9,11H2,1-2H3. The number of amides is 1. The van der Waals surface area contributed by atoms with Crippen LogP contribution in [0.4, 0.5) is 4.79 Å². The van der Waals surface area contributed by atoms with Gasteiger partial charge in [-0.1, -0.05) is 6.07 Å². The summed E-state index contributed by atoms with van der Waals surface area (Å²) in [5.41, 5.74) is 0.269. The summed E-state index contributed by atoms with van der Waals surface area (Å²) < 4.78 is 20.7. The second-order valence-electron chi connectivity index (χ2n) is 6.06. The van der Waals surface area contributed by atoms with E-state index in [4.69, 9.17) is 18.9 Å². The minimum atomic E-state index is -0.613. The summed E-state index contributed by atoms with van der Waals surface area (Å²) in [5, 5.41) is 0. The van der Waals surface area contributed by atoms with E-state index in [0.29, 0.717) is 37.4 Å². The maximum atomic E-state index is 12.6. The first kappa shape index (κ1) is 16.4. The van der Waals surface area contributed by atoms with Crippen LogP contribution in [0.1, 0.15) is 18.4 Å². The summed E-state index contributed by atoms with van der Waals surface area (Å²) in [7, 11) is 3.16. The molecule has 0 aliphatic carbocycles. The number of ether oxygens (including phenoxy) is 4. The molecule has 2 fully saturated rings. The molecule has 7 nitrogen and oxygen atoms in total. The summed E-state index contributed by atoms with van der Waals surface area (Å²) in [6, 6.07) is 5.42. The number of carbonyl (C=O) groups is 2. The van der Waals surface area contributed by atoms with Gasteiger partial charge in [0, 0.05) is 37.6 Å². The van der Waals surface area contributed by atoms with E-state index in [9.17, 15) is 9.59 Å². The van der Waals surface area contributed by atoms with Crippen molar-refractivity contribution in [2.45, 2.75) is 24.9 Å². The second-order valence-corrected chi connectivity index (χ2v) is 6.06. The SMILES string of the molecule is COc1ccc(CC(=O)N2CCC3(CC2)COC(=O)O3)c(OC)c1. The zero-order valence-corrected chi connectivity index (χ0v) is 13.9. The Kier molecular flexibility index (Phi) is 4.51. The molecule has 1 amide bonds. The third-order valence-corrected chi connectivity index (χ3v) is 4.62. The first-order valence-corrected chi connectivity index (χ1v) is 7.90. The Bertz CT molecular complexity index is 636. The highest BCUT2D eigenvalue weighted by atomic mass is 16.8. The van der Waals surface area contributed by atoms with Crippen LogP contribution in [0, 0.1) is 0 Å². The maximum absolute atomic E-state index is 12.6. The van der Waals surface area contributed by atoms with Crippen LogP contribution >= 0.6 is 0 Å². The van der Waals surface area contributed by atoms with Crippen molar-refractivity contribution >= 4 is 12.1 Å². The maximum Gasteiger partial charge on any atom is 0.509 e. The largest absolute Gasteiger partial charge is 0.509 e. The van der Waals surface area contributed by atoms with Crippen LogP contribution in [0.15, 0.2) is 18.2 Å². The average Bonchev–Trinajstić information content (AvgIpc) is 2.96. The molecular weight excluding hydrogens is 314 g/mol. The molecule has 0 N–H and O–H groups in total. The van der Waals surface area contributed by atoms with Gasteiger partial charge in [0.2, 0.25) is 5.91 Å². The molecule has 1 aromatic rings. The predicted molar refractivity (Wildman–Crippen MR) is 84.2 cm³/mol. The minimum Gasteiger partial charge on any atom is -0.497 e. The number of likely N-dealkylation sites (tertiary alicyclic amines) is 1. The van der Waals surface area contributed by atoms with Crippen LogP contribution in [0.3, 0.4) is 0 Å². The van der Waals surface area contributed by atoms with Gasteiger partial charge in [-0.25, -0.2) is 4.79 Å². The van der Waals surface area contributed by atoms with Crippen molar-refractivity contribution in [1.29, 1.82) is 0 Å². The molecule has 0 atom stereocenters. The fraction of sp³-hybridized carbons (Fsp3) is 0.529. The lowest BCUT2D eigenvalue weighted by Gasteiger charge is -2.36. The highest BCUT2D eigenvalue weighted by Crippen LogP contribution is 2.32. The van der Waals surface area contributed by atoms with E-state index in [1.807, 2.05) is 12.1 Å². The molecule has 1 aromatic carbocycles. The van der Waals surface area contributed by atoms with Crippen molar-refractivity contribution in [3.8, 4) is 11.5 Å². The summed E-state index contributed by atoms with van der Waals surface area (Å²) in [6.07, 6.45) is 0.850. The normalized spacial score (nSPS) is 18.9. The van der Waals surface area contributed by atoms with Crippen molar-refractivity contribution in [3.63, 3.8) is 0 Å². The van der Waals surface area contributed by atoms with Crippen LogP contribution in [0.5, 0.6) is 11.5 Å². The summed E-state index contributed by atoms with van der Waals surface area (Å²) in [6.45, 7) is 1.38. The number of carbonyl (C=O) groups excluding carboxylic acids is 2. The molecular formula is C17H21NO6. The Hall–Kier alpha value is -2.44. The first-order valence-electron chi connectivity index (χ1n) is 7.90. The van der Waals surface area contributed by atoms with Gasteiger partial charge in [0.25, 0.3) is 0 Å². The highest BCUT2D eigenvalue weighted by Gasteiger charge is 2.45. The lowest BCUT2D eigenvalue weighted by molar-refractivity contribution is -0.133. The van der Waals surface area contributed by atoms with Gasteiger partial charge in [-0.05, 0) is 6.07 Å². The van der Waals surface area contributed by atoms with Gasteiger partial charge in [-0.15, -0.1) is 0 Å². The number of hydrogen-bond donors (Lipinski definition) is 0. The summed E-state index contributed by atoms with van der Waals surface area (Å²) in [4.78, 5) is 25.5. The molecule has 0 saturated carbocycles. The fourth-order valence-corrected chi connectivity index (χ4v) is 3.11. The average molecular weight is 335 g/mol. The monoisotopic (exact) mass is 335 g/mol. The zero-order chi connectivity index (χ0) is 17.2. The molecule has 7 heteroatoms. The van der Waals surface area contributed by atoms with E-state index in [-0.39, 0.29) is 18.9 Å². The van der Waals surface area contributed by atoms with Gasteiger partial charge in [-0.2, -0.15) is 0 Å². The van der Waals surface area contributed by atoms with Gasteiger partial charge < -0.3 is 23.8 Å². The van der Waals surface area contributed by atoms with E-state index in [0.717, 1.165) is 5.56 Å². The van der Waals surface area contributed by atoms with Crippen LogP contribution in [0.25, 0.3) is 0 Å². The van der Waals surface area contributed by atoms with Crippen LogP contribution in [-0.4, -0.2) is 56.5 Å². The molecule has 24 heavy (non-hydrogen) atoms. The number of rotatable bonds is 4. The van der Waals surface area contributed by atoms with Gasteiger partial charge in [0.05, 0.1) is 20.6 Å². The number of benzene rings is 1. The zero-order valence-electron chi connectivity index (χ0n) is 13.9. The molecule has 2 aliphatic rings. The van der Waals surface area contributed by atoms with Crippen molar-refractivity contribution in [2.75, 3.05) is 33.9 Å². The minimum absolute atomic E-state index is 0.0264. The van der Waals surface area contributed by atoms with E-state index < -0.39 is 11.8 Å². The smallest absolute Gasteiger partial charge is 0.497 e. The Morgan fingerprint density at radius 3 is 2.58 bits per heavy atom.